The minimum Gasteiger partial charge on any atom is -0.353 e. The van der Waals surface area contributed by atoms with E-state index in [1.165, 1.54) is 18.5 Å². The van der Waals surface area contributed by atoms with Gasteiger partial charge in [0.15, 0.2) is 0 Å². The van der Waals surface area contributed by atoms with Crippen LogP contribution in [0.3, 0.4) is 0 Å². The van der Waals surface area contributed by atoms with E-state index in [1.54, 1.807) is 0 Å². The molecular weight excluding hydrogens is 252 g/mol. The molecule has 5 heteroatoms. The Hall–Kier alpha value is -1.36. The SMILES string of the molecule is Cc1ncn(CCNC(=O)[C@@H]2CCCCCN2C)c1C. The normalized spacial score (nSPS) is 20.6. The number of hydrogen-bond acceptors (Lipinski definition) is 3. The van der Waals surface area contributed by atoms with Crippen LogP contribution in [0, 0.1) is 13.8 Å². The third-order valence-electron chi connectivity index (χ3n) is 4.32. The van der Waals surface area contributed by atoms with Gasteiger partial charge >= 0.3 is 0 Å². The van der Waals surface area contributed by atoms with Gasteiger partial charge in [0.1, 0.15) is 0 Å². The van der Waals surface area contributed by atoms with Gasteiger partial charge in [0.2, 0.25) is 5.91 Å². The van der Waals surface area contributed by atoms with Gasteiger partial charge in [-0.25, -0.2) is 4.98 Å². The summed E-state index contributed by atoms with van der Waals surface area (Å²) in [5.41, 5.74) is 2.23. The second kappa shape index (κ2) is 6.88. The van der Waals surface area contributed by atoms with Gasteiger partial charge < -0.3 is 9.88 Å². The van der Waals surface area contributed by atoms with Crippen LogP contribution >= 0.6 is 0 Å². The summed E-state index contributed by atoms with van der Waals surface area (Å²) in [5.74, 6) is 0.170. The number of likely N-dealkylation sites (N-methyl/N-ethyl adjacent to an activating group) is 1. The molecule has 0 aliphatic carbocycles. The molecule has 20 heavy (non-hydrogen) atoms. The molecule has 1 fully saturated rings. The summed E-state index contributed by atoms with van der Waals surface area (Å²) in [6.07, 6.45) is 6.41. The molecule has 0 aromatic carbocycles. The highest BCUT2D eigenvalue weighted by Gasteiger charge is 2.24. The van der Waals surface area contributed by atoms with E-state index in [0.717, 1.165) is 31.6 Å². The Labute approximate surface area is 121 Å². The number of amides is 1. The van der Waals surface area contributed by atoms with E-state index in [0.29, 0.717) is 6.54 Å². The molecule has 2 heterocycles. The third kappa shape index (κ3) is 3.60. The first-order chi connectivity index (χ1) is 9.59. The highest BCUT2D eigenvalue weighted by atomic mass is 16.2. The maximum atomic E-state index is 12.3. The lowest BCUT2D eigenvalue weighted by Crippen LogP contribution is -2.45. The number of aromatic nitrogens is 2. The lowest BCUT2D eigenvalue weighted by molar-refractivity contribution is -0.126. The van der Waals surface area contributed by atoms with Crippen LogP contribution in [0.2, 0.25) is 0 Å². The van der Waals surface area contributed by atoms with Crippen LogP contribution in [-0.4, -0.2) is 46.5 Å². The minimum absolute atomic E-state index is 0.0446. The van der Waals surface area contributed by atoms with Crippen molar-refractivity contribution in [3.8, 4) is 0 Å². The van der Waals surface area contributed by atoms with E-state index in [4.69, 9.17) is 0 Å². The van der Waals surface area contributed by atoms with E-state index in [1.807, 2.05) is 13.3 Å². The number of nitrogens with zero attached hydrogens (tertiary/aromatic N) is 3. The van der Waals surface area contributed by atoms with Gasteiger partial charge in [0.05, 0.1) is 18.1 Å². The summed E-state index contributed by atoms with van der Waals surface area (Å²) >= 11 is 0. The van der Waals surface area contributed by atoms with Gasteiger partial charge in [-0.2, -0.15) is 0 Å². The van der Waals surface area contributed by atoms with Crippen LogP contribution < -0.4 is 5.32 Å². The second-order valence-corrected chi connectivity index (χ2v) is 5.75. The Morgan fingerprint density at radius 2 is 2.20 bits per heavy atom. The molecule has 1 aromatic rings. The fourth-order valence-corrected chi connectivity index (χ4v) is 2.77. The minimum atomic E-state index is 0.0446. The fourth-order valence-electron chi connectivity index (χ4n) is 2.77. The molecular formula is C15H26N4O. The van der Waals surface area contributed by atoms with E-state index < -0.39 is 0 Å². The van der Waals surface area contributed by atoms with Gasteiger partial charge in [-0.05, 0) is 40.3 Å². The Kier molecular flexibility index (Phi) is 5.17. The van der Waals surface area contributed by atoms with Crippen LogP contribution in [0.15, 0.2) is 6.33 Å². The van der Waals surface area contributed by atoms with Crippen molar-refractivity contribution in [2.75, 3.05) is 20.1 Å². The van der Waals surface area contributed by atoms with Crippen LogP contribution in [0.1, 0.15) is 37.1 Å². The number of imidazole rings is 1. The van der Waals surface area contributed by atoms with Gasteiger partial charge in [-0.15, -0.1) is 0 Å². The number of carbonyl (C=O) groups is 1. The molecule has 1 aromatic heterocycles. The Morgan fingerprint density at radius 1 is 1.40 bits per heavy atom. The van der Waals surface area contributed by atoms with Gasteiger partial charge in [-0.1, -0.05) is 12.8 Å². The predicted molar refractivity (Wildman–Crippen MR) is 79.6 cm³/mol. The van der Waals surface area contributed by atoms with E-state index >= 15 is 0 Å². The van der Waals surface area contributed by atoms with Crippen LogP contribution in [0.25, 0.3) is 0 Å². The zero-order valence-corrected chi connectivity index (χ0v) is 12.9. The zero-order chi connectivity index (χ0) is 14.5. The molecule has 1 aliphatic rings. The number of aryl methyl sites for hydroxylation is 1. The maximum absolute atomic E-state index is 12.3. The highest BCUT2D eigenvalue weighted by molar-refractivity contribution is 5.81. The Balaban J connectivity index is 1.81. The number of carbonyl (C=O) groups excluding carboxylic acids is 1. The average Bonchev–Trinajstić information content (AvgIpc) is 2.64. The summed E-state index contributed by atoms with van der Waals surface area (Å²) in [6, 6.07) is 0.0446. The highest BCUT2D eigenvalue weighted by Crippen LogP contribution is 2.15. The van der Waals surface area contributed by atoms with Crippen molar-refractivity contribution in [1.82, 2.24) is 19.8 Å². The monoisotopic (exact) mass is 278 g/mol. The number of nitrogens with one attached hydrogen (secondary N) is 1. The van der Waals surface area contributed by atoms with Crippen LogP contribution in [-0.2, 0) is 11.3 Å². The number of hydrogen-bond donors (Lipinski definition) is 1. The van der Waals surface area contributed by atoms with Gasteiger partial charge in [0.25, 0.3) is 0 Å². The molecule has 1 aliphatic heterocycles. The molecule has 0 saturated carbocycles. The third-order valence-corrected chi connectivity index (χ3v) is 4.32. The summed E-state index contributed by atoms with van der Waals surface area (Å²) in [5, 5.41) is 3.07. The number of rotatable bonds is 4. The Bertz CT molecular complexity index is 455. The van der Waals surface area contributed by atoms with Gasteiger partial charge in [-0.3, -0.25) is 9.69 Å². The summed E-state index contributed by atoms with van der Waals surface area (Å²) < 4.78 is 2.09. The van der Waals surface area contributed by atoms with E-state index in [2.05, 4.69) is 33.7 Å². The fraction of sp³-hybridized carbons (Fsp3) is 0.733. The van der Waals surface area contributed by atoms with Crippen molar-refractivity contribution in [3.63, 3.8) is 0 Å². The lowest BCUT2D eigenvalue weighted by atomic mass is 10.1. The smallest absolute Gasteiger partial charge is 0.237 e. The first kappa shape index (κ1) is 15.0. The summed E-state index contributed by atoms with van der Waals surface area (Å²) in [7, 11) is 2.05. The van der Waals surface area contributed by atoms with Crippen molar-refractivity contribution in [2.45, 2.75) is 52.1 Å². The largest absolute Gasteiger partial charge is 0.353 e. The Morgan fingerprint density at radius 3 is 2.90 bits per heavy atom. The summed E-state index contributed by atoms with van der Waals surface area (Å²) in [4.78, 5) is 18.7. The second-order valence-electron chi connectivity index (χ2n) is 5.75. The molecule has 1 N–H and O–H groups in total. The molecule has 1 amide bonds. The van der Waals surface area contributed by atoms with Crippen molar-refractivity contribution >= 4 is 5.91 Å². The molecule has 2 rings (SSSR count). The van der Waals surface area contributed by atoms with Gasteiger partial charge in [0, 0.05) is 18.8 Å². The van der Waals surface area contributed by atoms with Crippen LogP contribution in [0.4, 0.5) is 0 Å². The predicted octanol–water partition coefficient (Wildman–Crippen LogP) is 1.49. The first-order valence-electron chi connectivity index (χ1n) is 7.56. The van der Waals surface area contributed by atoms with Crippen molar-refractivity contribution in [1.29, 1.82) is 0 Å². The van der Waals surface area contributed by atoms with Crippen molar-refractivity contribution in [2.24, 2.45) is 0 Å². The standard InChI is InChI=1S/C15H26N4O/c1-12-13(2)19(11-17-12)10-8-16-15(20)14-7-5-4-6-9-18(14)3/h11,14H,4-10H2,1-3H3,(H,16,20)/t14-/m0/s1. The molecule has 0 bridgehead atoms. The lowest BCUT2D eigenvalue weighted by Gasteiger charge is -2.24. The zero-order valence-electron chi connectivity index (χ0n) is 12.9. The average molecular weight is 278 g/mol. The number of likely N-dealkylation sites (tertiary alicyclic amines) is 1. The maximum Gasteiger partial charge on any atom is 0.237 e. The molecule has 0 spiro atoms. The quantitative estimate of drug-likeness (QED) is 0.908. The first-order valence-corrected chi connectivity index (χ1v) is 7.56. The van der Waals surface area contributed by atoms with E-state index in [-0.39, 0.29) is 11.9 Å². The molecule has 0 radical (unpaired) electrons. The molecule has 112 valence electrons. The molecule has 1 atom stereocenters. The van der Waals surface area contributed by atoms with Crippen molar-refractivity contribution < 1.29 is 4.79 Å². The molecule has 0 unspecified atom stereocenters. The van der Waals surface area contributed by atoms with E-state index in [9.17, 15) is 4.79 Å². The summed E-state index contributed by atoms with van der Waals surface area (Å²) in [6.45, 7) is 6.54. The van der Waals surface area contributed by atoms with Crippen LogP contribution in [0.5, 0.6) is 0 Å². The molecule has 1 saturated heterocycles. The topological polar surface area (TPSA) is 50.2 Å². The molecule has 5 nitrogen and oxygen atoms in total. The van der Waals surface area contributed by atoms with Crippen molar-refractivity contribution in [3.05, 3.63) is 17.7 Å².